The summed E-state index contributed by atoms with van der Waals surface area (Å²) in [7, 11) is -3.22. The Balaban J connectivity index is 1.54. The first-order chi connectivity index (χ1) is 15.7. The molecule has 1 atom stereocenters. The van der Waals surface area contributed by atoms with Crippen LogP contribution >= 0.6 is 0 Å². The molecule has 1 unspecified atom stereocenters. The highest BCUT2D eigenvalue weighted by Gasteiger charge is 2.66. The van der Waals surface area contributed by atoms with E-state index in [-0.39, 0.29) is 35.8 Å². The van der Waals surface area contributed by atoms with Gasteiger partial charge < -0.3 is 5.32 Å². The van der Waals surface area contributed by atoms with Crippen LogP contribution in [0.1, 0.15) is 59.8 Å². The van der Waals surface area contributed by atoms with Gasteiger partial charge in [-0.2, -0.15) is 18.3 Å². The van der Waals surface area contributed by atoms with E-state index in [4.69, 9.17) is 4.78 Å². The zero-order chi connectivity index (χ0) is 24.7. The highest BCUT2D eigenvalue weighted by Crippen LogP contribution is 2.66. The molecule has 2 aromatic rings. The van der Waals surface area contributed by atoms with E-state index in [0.29, 0.717) is 12.8 Å². The Morgan fingerprint density at radius 1 is 1.32 bits per heavy atom. The maximum absolute atomic E-state index is 14.1. The Hall–Kier alpha value is -2.57. The van der Waals surface area contributed by atoms with E-state index in [2.05, 4.69) is 15.4 Å². The van der Waals surface area contributed by atoms with Crippen molar-refractivity contribution < 1.29 is 31.0 Å². The Bertz CT molecular complexity index is 1280. The predicted octanol–water partition coefficient (Wildman–Crippen LogP) is 4.90. The molecule has 4 saturated carbocycles. The number of fused-ring (bicyclic) bond motifs is 1. The van der Waals surface area contributed by atoms with Gasteiger partial charge in [0.05, 0.1) is 15.4 Å². The van der Waals surface area contributed by atoms with Crippen LogP contribution in [0.3, 0.4) is 0 Å². The van der Waals surface area contributed by atoms with E-state index in [1.807, 2.05) is 0 Å². The van der Waals surface area contributed by atoms with E-state index < -0.39 is 62.7 Å². The van der Waals surface area contributed by atoms with Crippen molar-refractivity contribution >= 4 is 21.3 Å². The molecule has 1 amide bonds. The standard InChI is InChI=1S/C21H22F5N5O2S/c1-34(27,33)14-6-13(4-5-28-14)29-18(32)17-15(21(24,25)26)16(11-2-3-11)30-31(17)10-19-7-12(8-19)20(22,23)9-19/h4-6,11-12,27H,2-3,7-10H2,1H3,(H,28,29,32). The normalized spacial score (nSPS) is 27.2. The number of alkyl halides is 5. The zero-order valence-electron chi connectivity index (χ0n) is 18.1. The lowest BCUT2D eigenvalue weighted by Gasteiger charge is -2.37. The largest absolute Gasteiger partial charge is 0.420 e. The van der Waals surface area contributed by atoms with Crippen LogP contribution in [0.2, 0.25) is 0 Å². The summed E-state index contributed by atoms with van der Waals surface area (Å²) in [6.45, 7) is -0.200. The fourth-order valence-electron chi connectivity index (χ4n) is 5.21. The van der Waals surface area contributed by atoms with Gasteiger partial charge in [0, 0.05) is 42.9 Å². The lowest BCUT2D eigenvalue weighted by molar-refractivity contribution is -0.138. The number of nitrogens with zero attached hydrogens (tertiary/aromatic N) is 3. The SMILES string of the molecule is CS(=N)(=O)c1cc(NC(=O)c2c(C(F)(F)F)c(C3CC3)nn2CC23CC(C2)C(F)(F)C3)ccn1. The Morgan fingerprint density at radius 2 is 2.00 bits per heavy atom. The number of halogens is 5. The molecule has 2 bridgehead atoms. The van der Waals surface area contributed by atoms with Crippen molar-refractivity contribution in [3.63, 3.8) is 0 Å². The monoisotopic (exact) mass is 503 g/mol. The molecule has 6 rings (SSSR count). The number of carbonyl (C=O) groups is 1. The van der Waals surface area contributed by atoms with Gasteiger partial charge in [0.25, 0.3) is 11.8 Å². The van der Waals surface area contributed by atoms with Crippen LogP contribution in [0.5, 0.6) is 0 Å². The van der Waals surface area contributed by atoms with Crippen molar-refractivity contribution in [2.24, 2.45) is 11.3 Å². The van der Waals surface area contributed by atoms with Gasteiger partial charge in [0.2, 0.25) is 0 Å². The van der Waals surface area contributed by atoms with Crippen molar-refractivity contribution in [2.45, 2.75) is 61.7 Å². The maximum atomic E-state index is 14.1. The third-order valence-corrected chi connectivity index (χ3v) is 7.91. The predicted molar refractivity (Wildman–Crippen MR) is 111 cm³/mol. The Kier molecular flexibility index (Phi) is 4.92. The van der Waals surface area contributed by atoms with E-state index >= 15 is 0 Å². The molecule has 2 N–H and O–H groups in total. The number of nitrogens with one attached hydrogen (secondary N) is 2. The first-order valence-electron chi connectivity index (χ1n) is 10.8. The molecule has 184 valence electrons. The summed E-state index contributed by atoms with van der Waals surface area (Å²) in [5.41, 5.74) is -2.96. The minimum absolute atomic E-state index is 0.0138. The highest BCUT2D eigenvalue weighted by molar-refractivity contribution is 7.91. The van der Waals surface area contributed by atoms with Crippen molar-refractivity contribution in [3.8, 4) is 0 Å². The molecule has 34 heavy (non-hydrogen) atoms. The number of hydrogen-bond acceptors (Lipinski definition) is 5. The van der Waals surface area contributed by atoms with Crippen molar-refractivity contribution in [2.75, 3.05) is 11.6 Å². The number of pyridine rings is 1. The Morgan fingerprint density at radius 3 is 2.53 bits per heavy atom. The van der Waals surface area contributed by atoms with Gasteiger partial charge in [-0.15, -0.1) is 0 Å². The van der Waals surface area contributed by atoms with Gasteiger partial charge >= 0.3 is 6.18 Å². The molecule has 0 aliphatic heterocycles. The number of amides is 1. The average molecular weight is 503 g/mol. The smallest absolute Gasteiger partial charge is 0.320 e. The zero-order valence-corrected chi connectivity index (χ0v) is 18.9. The molecule has 4 aliphatic rings. The number of rotatable bonds is 6. The lowest BCUT2D eigenvalue weighted by Crippen LogP contribution is -2.35. The molecule has 4 aliphatic carbocycles. The van der Waals surface area contributed by atoms with Crippen molar-refractivity contribution in [1.82, 2.24) is 14.8 Å². The fourth-order valence-corrected chi connectivity index (χ4v) is 5.83. The highest BCUT2D eigenvalue weighted by atomic mass is 32.2. The van der Waals surface area contributed by atoms with Gasteiger partial charge in [0.1, 0.15) is 16.3 Å². The second-order valence-corrected chi connectivity index (χ2v) is 11.9. The first kappa shape index (κ1) is 23.2. The summed E-state index contributed by atoms with van der Waals surface area (Å²) in [5, 5.41) is 6.37. The van der Waals surface area contributed by atoms with Crippen molar-refractivity contribution in [3.05, 3.63) is 35.3 Å². The summed E-state index contributed by atoms with van der Waals surface area (Å²) in [4.78, 5) is 17.0. The summed E-state index contributed by atoms with van der Waals surface area (Å²) in [6, 6.07) is 2.46. The molecule has 0 spiro atoms. The molecule has 0 aromatic carbocycles. The fraction of sp³-hybridized carbons (Fsp3) is 0.571. The van der Waals surface area contributed by atoms with Crippen LogP contribution in [0.15, 0.2) is 23.4 Å². The van der Waals surface area contributed by atoms with Crippen LogP contribution < -0.4 is 5.32 Å². The van der Waals surface area contributed by atoms with E-state index in [9.17, 15) is 31.0 Å². The summed E-state index contributed by atoms with van der Waals surface area (Å²) in [6.07, 6.45) is -1.61. The van der Waals surface area contributed by atoms with Gasteiger partial charge in [-0.05, 0) is 43.2 Å². The molecule has 0 radical (unpaired) electrons. The third kappa shape index (κ3) is 3.97. The van der Waals surface area contributed by atoms with Crippen LogP contribution in [0.25, 0.3) is 0 Å². The van der Waals surface area contributed by atoms with Gasteiger partial charge in [-0.3, -0.25) is 9.48 Å². The van der Waals surface area contributed by atoms with E-state index in [0.717, 1.165) is 17.0 Å². The molecule has 13 heteroatoms. The molecule has 2 heterocycles. The third-order valence-electron chi connectivity index (χ3n) is 6.89. The second-order valence-electron chi connectivity index (χ2n) is 9.76. The van der Waals surface area contributed by atoms with Crippen LogP contribution in [0, 0.1) is 16.1 Å². The topological polar surface area (TPSA) is 101 Å². The number of hydrogen-bond donors (Lipinski definition) is 2. The van der Waals surface area contributed by atoms with Gasteiger partial charge in [-0.25, -0.2) is 22.8 Å². The maximum Gasteiger partial charge on any atom is 0.420 e. The van der Waals surface area contributed by atoms with E-state index in [1.165, 1.54) is 12.3 Å². The average Bonchev–Trinajstić information content (AvgIpc) is 3.33. The second kappa shape index (κ2) is 7.22. The quantitative estimate of drug-likeness (QED) is 0.548. The van der Waals surface area contributed by atoms with Crippen LogP contribution in [-0.4, -0.2) is 37.1 Å². The van der Waals surface area contributed by atoms with Crippen molar-refractivity contribution in [1.29, 1.82) is 4.78 Å². The van der Waals surface area contributed by atoms with Gasteiger partial charge in [-0.1, -0.05) is 0 Å². The Labute approximate surface area is 192 Å². The van der Waals surface area contributed by atoms with Crippen LogP contribution in [0.4, 0.5) is 27.6 Å². The van der Waals surface area contributed by atoms with E-state index in [1.54, 1.807) is 0 Å². The summed E-state index contributed by atoms with van der Waals surface area (Å²) in [5.74, 6) is -5.18. The molecular formula is C21H22F5N5O2S. The first-order valence-corrected chi connectivity index (χ1v) is 12.7. The number of anilines is 1. The molecule has 2 aromatic heterocycles. The molecule has 4 fully saturated rings. The molecule has 7 nitrogen and oxygen atoms in total. The van der Waals surface area contributed by atoms with Crippen LogP contribution in [-0.2, 0) is 22.5 Å². The lowest BCUT2D eigenvalue weighted by atomic mass is 9.69. The number of aromatic nitrogens is 3. The molecular weight excluding hydrogens is 481 g/mol. The molecule has 0 saturated heterocycles. The van der Waals surface area contributed by atoms with Gasteiger partial charge in [0.15, 0.2) is 0 Å². The minimum atomic E-state index is -4.87. The summed E-state index contributed by atoms with van der Waals surface area (Å²) < 4.78 is 91.2. The number of carbonyl (C=O) groups excluding carboxylic acids is 1. The minimum Gasteiger partial charge on any atom is -0.320 e. The summed E-state index contributed by atoms with van der Waals surface area (Å²) >= 11 is 0.